The van der Waals surface area contributed by atoms with Crippen molar-refractivity contribution in [3.05, 3.63) is 23.3 Å². The molecule has 0 bridgehead atoms. The summed E-state index contributed by atoms with van der Waals surface area (Å²) in [4.78, 5) is 21.1. The van der Waals surface area contributed by atoms with Gasteiger partial charge in [0.1, 0.15) is 17.0 Å². The number of hydrogen-bond acceptors (Lipinski definition) is 5. The van der Waals surface area contributed by atoms with Gasteiger partial charge < -0.3 is 4.90 Å². The zero-order valence-corrected chi connectivity index (χ0v) is 13.1. The van der Waals surface area contributed by atoms with Crippen molar-refractivity contribution in [1.82, 2.24) is 19.7 Å². The number of anilines is 1. The number of nitrogens with zero attached hydrogens (tertiary/aromatic N) is 5. The predicted octanol–water partition coefficient (Wildman–Crippen LogP) is 2.13. The molecule has 0 fully saturated rings. The molecule has 100 valence electrons. The number of hydrogen-bond donors (Lipinski definition) is 0. The molecule has 0 spiro atoms. The van der Waals surface area contributed by atoms with Crippen LogP contribution in [0.1, 0.15) is 6.92 Å². The Bertz CT molecular complexity index is 615. The molecule has 6 nitrogen and oxygen atoms in total. The first kappa shape index (κ1) is 14.0. The van der Waals surface area contributed by atoms with Gasteiger partial charge in [-0.25, -0.2) is 14.6 Å². The largest absolute Gasteiger partial charge is 0.312 e. The van der Waals surface area contributed by atoms with Gasteiger partial charge in [-0.15, -0.1) is 11.8 Å². The topological polar surface area (TPSA) is 63.9 Å². The van der Waals surface area contributed by atoms with E-state index in [1.165, 1.54) is 29.9 Å². The van der Waals surface area contributed by atoms with Gasteiger partial charge in [0.05, 0.1) is 18.1 Å². The highest BCUT2D eigenvalue weighted by molar-refractivity contribution is 9.10. The second-order valence-corrected chi connectivity index (χ2v) is 5.29. The van der Waals surface area contributed by atoms with Crippen molar-refractivity contribution in [1.29, 1.82) is 0 Å². The lowest BCUT2D eigenvalue weighted by atomic mass is 10.4. The minimum absolute atomic E-state index is 0.0605. The lowest BCUT2D eigenvalue weighted by Gasteiger charge is -2.12. The third-order valence-corrected chi connectivity index (χ3v) is 3.85. The molecule has 2 rings (SSSR count). The Balaban J connectivity index is 2.48. The van der Waals surface area contributed by atoms with Crippen molar-refractivity contribution in [3.63, 3.8) is 0 Å². The molecule has 19 heavy (non-hydrogen) atoms. The van der Waals surface area contributed by atoms with Gasteiger partial charge in [-0.2, -0.15) is 5.10 Å². The van der Waals surface area contributed by atoms with E-state index in [0.29, 0.717) is 10.3 Å². The zero-order chi connectivity index (χ0) is 14.0. The normalized spacial score (nSPS) is 10.5. The van der Waals surface area contributed by atoms with E-state index in [9.17, 15) is 4.79 Å². The summed E-state index contributed by atoms with van der Waals surface area (Å²) in [5.74, 6) is -0.0605. The molecule has 0 aliphatic rings. The van der Waals surface area contributed by atoms with Crippen LogP contribution in [0.2, 0.25) is 0 Å². The van der Waals surface area contributed by atoms with Gasteiger partial charge in [0.15, 0.2) is 4.60 Å². The van der Waals surface area contributed by atoms with Crippen LogP contribution in [0.15, 0.2) is 28.4 Å². The monoisotopic (exact) mass is 341 g/mol. The molecule has 0 saturated heterocycles. The first-order valence-corrected chi connectivity index (χ1v) is 7.40. The maximum absolute atomic E-state index is 11.4. The van der Waals surface area contributed by atoms with E-state index in [1.807, 2.05) is 6.26 Å². The average molecular weight is 342 g/mol. The number of carbonyl (C=O) groups excluding carboxylic acids is 1. The molecular formula is C11H12BrN5OS. The summed E-state index contributed by atoms with van der Waals surface area (Å²) in [6.07, 6.45) is 6.89. The van der Waals surface area contributed by atoms with E-state index in [1.54, 1.807) is 24.1 Å². The van der Waals surface area contributed by atoms with Crippen LogP contribution < -0.4 is 4.90 Å². The van der Waals surface area contributed by atoms with Crippen LogP contribution in [-0.4, -0.2) is 39.0 Å². The van der Waals surface area contributed by atoms with Gasteiger partial charge in [-0.1, -0.05) is 0 Å². The molecule has 0 aliphatic carbocycles. The van der Waals surface area contributed by atoms with Crippen molar-refractivity contribution in [2.75, 3.05) is 18.2 Å². The SMILES string of the molecule is CSc1ncncc1-n1cc(N(C)C(C)=O)c(Br)n1. The predicted molar refractivity (Wildman–Crippen MR) is 77.7 cm³/mol. The summed E-state index contributed by atoms with van der Waals surface area (Å²) in [7, 11) is 1.70. The van der Waals surface area contributed by atoms with Crippen LogP contribution in [-0.2, 0) is 4.79 Å². The van der Waals surface area contributed by atoms with Gasteiger partial charge in [0.2, 0.25) is 5.91 Å². The van der Waals surface area contributed by atoms with E-state index >= 15 is 0 Å². The Kier molecular flexibility index (Phi) is 4.20. The standard InChI is InChI=1S/C11H12BrN5OS/c1-7(18)16(2)9-5-17(15-10(9)12)8-4-13-6-14-11(8)19-3/h4-6H,1-3H3. The van der Waals surface area contributed by atoms with Crippen LogP contribution in [0.5, 0.6) is 0 Å². The van der Waals surface area contributed by atoms with Crippen molar-refractivity contribution in [2.24, 2.45) is 0 Å². The molecule has 0 unspecified atom stereocenters. The number of rotatable bonds is 3. The number of aromatic nitrogens is 4. The van der Waals surface area contributed by atoms with E-state index in [2.05, 4.69) is 31.0 Å². The minimum Gasteiger partial charge on any atom is -0.312 e. The van der Waals surface area contributed by atoms with Crippen LogP contribution in [0.4, 0.5) is 5.69 Å². The number of amides is 1. The molecule has 8 heteroatoms. The summed E-state index contributed by atoms with van der Waals surface area (Å²) >= 11 is 4.87. The smallest absolute Gasteiger partial charge is 0.223 e. The Morgan fingerprint density at radius 1 is 1.53 bits per heavy atom. The Hall–Kier alpha value is -1.41. The van der Waals surface area contributed by atoms with Crippen molar-refractivity contribution in [2.45, 2.75) is 11.9 Å². The summed E-state index contributed by atoms with van der Waals surface area (Å²) in [6.45, 7) is 1.50. The average Bonchev–Trinajstić information content (AvgIpc) is 2.79. The molecule has 2 aromatic heterocycles. The highest BCUT2D eigenvalue weighted by Crippen LogP contribution is 2.27. The van der Waals surface area contributed by atoms with E-state index in [-0.39, 0.29) is 5.91 Å². The minimum atomic E-state index is -0.0605. The van der Waals surface area contributed by atoms with E-state index in [0.717, 1.165) is 10.7 Å². The number of carbonyl (C=O) groups is 1. The van der Waals surface area contributed by atoms with Gasteiger partial charge >= 0.3 is 0 Å². The van der Waals surface area contributed by atoms with Gasteiger partial charge in [-0.3, -0.25) is 4.79 Å². The van der Waals surface area contributed by atoms with Crippen LogP contribution >= 0.6 is 27.7 Å². The van der Waals surface area contributed by atoms with Crippen LogP contribution in [0.3, 0.4) is 0 Å². The molecule has 0 radical (unpaired) electrons. The highest BCUT2D eigenvalue weighted by atomic mass is 79.9. The van der Waals surface area contributed by atoms with Gasteiger partial charge in [0.25, 0.3) is 0 Å². The van der Waals surface area contributed by atoms with Crippen molar-refractivity contribution >= 4 is 39.3 Å². The number of thioether (sulfide) groups is 1. The fraction of sp³-hybridized carbons (Fsp3) is 0.273. The fourth-order valence-corrected chi connectivity index (χ4v) is 2.53. The summed E-state index contributed by atoms with van der Waals surface area (Å²) < 4.78 is 2.26. The Morgan fingerprint density at radius 2 is 2.26 bits per heavy atom. The second kappa shape index (κ2) is 5.70. The summed E-state index contributed by atoms with van der Waals surface area (Å²) in [6, 6.07) is 0. The lowest BCUT2D eigenvalue weighted by Crippen LogP contribution is -2.22. The fourth-order valence-electron chi connectivity index (χ4n) is 1.49. The molecule has 1 amide bonds. The highest BCUT2D eigenvalue weighted by Gasteiger charge is 2.16. The molecular weight excluding hydrogens is 330 g/mol. The molecule has 0 atom stereocenters. The molecule has 0 saturated carbocycles. The van der Waals surface area contributed by atoms with E-state index in [4.69, 9.17) is 0 Å². The summed E-state index contributed by atoms with van der Waals surface area (Å²) in [5.41, 5.74) is 1.47. The van der Waals surface area contributed by atoms with Crippen molar-refractivity contribution < 1.29 is 4.79 Å². The lowest BCUT2D eigenvalue weighted by molar-refractivity contribution is -0.116. The van der Waals surface area contributed by atoms with Crippen LogP contribution in [0.25, 0.3) is 5.69 Å². The van der Waals surface area contributed by atoms with Crippen molar-refractivity contribution in [3.8, 4) is 5.69 Å². The molecule has 0 aromatic carbocycles. The third-order valence-electron chi connectivity index (χ3n) is 2.58. The third kappa shape index (κ3) is 2.79. The van der Waals surface area contributed by atoms with Crippen LogP contribution in [0, 0.1) is 0 Å². The first-order valence-electron chi connectivity index (χ1n) is 5.38. The Labute approximate surface area is 123 Å². The molecule has 0 N–H and O–H groups in total. The van der Waals surface area contributed by atoms with Gasteiger partial charge in [0, 0.05) is 14.0 Å². The zero-order valence-electron chi connectivity index (χ0n) is 10.7. The molecule has 2 heterocycles. The maximum Gasteiger partial charge on any atom is 0.223 e. The Morgan fingerprint density at radius 3 is 2.89 bits per heavy atom. The van der Waals surface area contributed by atoms with Gasteiger partial charge in [-0.05, 0) is 22.2 Å². The maximum atomic E-state index is 11.4. The first-order chi connectivity index (χ1) is 9.04. The quantitative estimate of drug-likeness (QED) is 0.632. The van der Waals surface area contributed by atoms with E-state index < -0.39 is 0 Å². The second-order valence-electron chi connectivity index (χ2n) is 3.75. The summed E-state index contributed by atoms with van der Waals surface area (Å²) in [5, 5.41) is 5.16. The number of halogens is 1. The molecule has 0 aliphatic heterocycles. The molecule has 2 aromatic rings.